The molecule has 1 aliphatic rings. The van der Waals surface area contributed by atoms with Crippen LogP contribution in [0.4, 0.5) is 0 Å². The smallest absolute Gasteiger partial charge is 0.368 e. The molecule has 3 aromatic rings. The summed E-state index contributed by atoms with van der Waals surface area (Å²) in [5, 5.41) is 4.73. The first-order valence-electron chi connectivity index (χ1n) is 7.74. The molecule has 1 aromatic heterocycles. The lowest BCUT2D eigenvalue weighted by molar-refractivity contribution is -0.136. The topological polar surface area (TPSA) is 51.8 Å². The molecule has 0 fully saturated rings. The fourth-order valence-electron chi connectivity index (χ4n) is 2.63. The summed E-state index contributed by atoms with van der Waals surface area (Å²) in [6.07, 6.45) is 1.60. The van der Waals surface area contributed by atoms with Gasteiger partial charge in [0.05, 0.1) is 15.6 Å². The monoisotopic (exact) mass is 383 g/mol. The first kappa shape index (κ1) is 16.6. The molecule has 4 nitrogen and oxygen atoms in total. The van der Waals surface area contributed by atoms with E-state index in [9.17, 15) is 4.79 Å². The first-order valence-corrected chi connectivity index (χ1v) is 8.50. The summed E-state index contributed by atoms with van der Waals surface area (Å²) in [6.45, 7) is 0. The molecule has 26 heavy (non-hydrogen) atoms. The molecule has 128 valence electrons. The molecule has 0 amide bonds. The molecule has 4 rings (SSSR count). The van der Waals surface area contributed by atoms with Crippen LogP contribution >= 0.6 is 23.2 Å². The predicted molar refractivity (Wildman–Crippen MR) is 101 cm³/mol. The van der Waals surface area contributed by atoms with Crippen LogP contribution in [-0.4, -0.2) is 11.7 Å². The summed E-state index contributed by atoms with van der Waals surface area (Å²) in [6, 6.07) is 18.1. The Labute approximate surface area is 159 Å². The van der Waals surface area contributed by atoms with Gasteiger partial charge in [-0.25, -0.2) is 4.79 Å². The van der Waals surface area contributed by atoms with E-state index in [1.807, 2.05) is 36.4 Å². The van der Waals surface area contributed by atoms with Crippen LogP contribution in [0.3, 0.4) is 0 Å². The van der Waals surface area contributed by atoms with Gasteiger partial charge in [0.2, 0.25) is 0 Å². The standard InChI is InChI=1S/C20H11Cl2NO3/c21-16-8-4-7-14(18(16)22)17-10-9-13(25-17)11-15-19(23-26-20(15)24)12-5-2-1-3-6-12/h1-11H/b15-11-. The number of carbonyl (C=O) groups is 1. The zero-order valence-electron chi connectivity index (χ0n) is 13.3. The number of nitrogens with zero attached hydrogens (tertiary/aromatic N) is 1. The second-order valence-corrected chi connectivity index (χ2v) is 6.33. The van der Waals surface area contributed by atoms with Crippen LogP contribution < -0.4 is 0 Å². The summed E-state index contributed by atoms with van der Waals surface area (Å²) in [5.41, 5.74) is 2.26. The van der Waals surface area contributed by atoms with Crippen LogP contribution in [0.2, 0.25) is 10.0 Å². The average Bonchev–Trinajstić information content (AvgIpc) is 3.26. The SMILES string of the molecule is O=C1ON=C(c2ccccc2)/C1=C/c1ccc(-c2cccc(Cl)c2Cl)o1. The van der Waals surface area contributed by atoms with Crippen LogP contribution in [0.1, 0.15) is 11.3 Å². The van der Waals surface area contributed by atoms with Crippen molar-refractivity contribution in [3.8, 4) is 11.3 Å². The van der Waals surface area contributed by atoms with Gasteiger partial charge in [0.15, 0.2) is 0 Å². The Morgan fingerprint density at radius 1 is 0.923 bits per heavy atom. The van der Waals surface area contributed by atoms with Gasteiger partial charge < -0.3 is 9.25 Å². The van der Waals surface area contributed by atoms with Crippen molar-refractivity contribution >= 4 is 41.0 Å². The highest BCUT2D eigenvalue weighted by Gasteiger charge is 2.27. The summed E-state index contributed by atoms with van der Waals surface area (Å²) < 4.78 is 5.82. The van der Waals surface area contributed by atoms with Gasteiger partial charge >= 0.3 is 5.97 Å². The molecule has 0 saturated heterocycles. The molecule has 0 atom stereocenters. The number of rotatable bonds is 3. The molecular weight excluding hydrogens is 373 g/mol. The fourth-order valence-corrected chi connectivity index (χ4v) is 3.02. The normalized spacial score (nSPS) is 15.2. The Balaban J connectivity index is 1.70. The van der Waals surface area contributed by atoms with Gasteiger partial charge in [-0.05, 0) is 30.3 Å². The number of hydrogen-bond acceptors (Lipinski definition) is 4. The molecule has 2 aromatic carbocycles. The van der Waals surface area contributed by atoms with Crippen LogP contribution in [0, 0.1) is 0 Å². The van der Waals surface area contributed by atoms with Crippen molar-refractivity contribution in [2.75, 3.05) is 0 Å². The summed E-state index contributed by atoms with van der Waals surface area (Å²) >= 11 is 12.3. The zero-order valence-corrected chi connectivity index (χ0v) is 14.8. The van der Waals surface area contributed by atoms with Crippen LogP contribution in [0.15, 0.2) is 75.8 Å². The van der Waals surface area contributed by atoms with E-state index < -0.39 is 5.97 Å². The van der Waals surface area contributed by atoms with Crippen LogP contribution in [0.5, 0.6) is 0 Å². The highest BCUT2D eigenvalue weighted by atomic mass is 35.5. The van der Waals surface area contributed by atoms with Gasteiger partial charge in [0, 0.05) is 11.1 Å². The first-order chi connectivity index (χ1) is 12.6. The number of oxime groups is 1. The third-order valence-electron chi connectivity index (χ3n) is 3.87. The Kier molecular flexibility index (Phi) is 4.37. The lowest BCUT2D eigenvalue weighted by Crippen LogP contribution is -2.06. The van der Waals surface area contributed by atoms with Crippen molar-refractivity contribution in [3.05, 3.63) is 87.6 Å². The van der Waals surface area contributed by atoms with E-state index in [4.69, 9.17) is 32.5 Å². The molecule has 1 aliphatic heterocycles. The third-order valence-corrected chi connectivity index (χ3v) is 4.69. The summed E-state index contributed by atoms with van der Waals surface area (Å²) in [7, 11) is 0. The maximum atomic E-state index is 12.1. The highest BCUT2D eigenvalue weighted by Crippen LogP contribution is 2.34. The minimum absolute atomic E-state index is 0.328. The quantitative estimate of drug-likeness (QED) is 0.436. The van der Waals surface area contributed by atoms with Crippen molar-refractivity contribution in [3.63, 3.8) is 0 Å². The predicted octanol–water partition coefficient (Wildman–Crippen LogP) is 5.60. The summed E-state index contributed by atoms with van der Waals surface area (Å²) in [4.78, 5) is 16.9. The number of furan rings is 1. The Bertz CT molecular complexity index is 1050. The van der Waals surface area contributed by atoms with E-state index in [1.165, 1.54) is 0 Å². The van der Waals surface area contributed by atoms with Gasteiger partial charge in [-0.3, -0.25) is 0 Å². The number of carbonyl (C=O) groups excluding carboxylic acids is 1. The van der Waals surface area contributed by atoms with E-state index in [-0.39, 0.29) is 0 Å². The van der Waals surface area contributed by atoms with Gasteiger partial charge in [-0.2, -0.15) is 0 Å². The molecular formula is C20H11Cl2NO3. The molecule has 2 heterocycles. The van der Waals surface area contributed by atoms with E-state index in [0.29, 0.717) is 38.4 Å². The summed E-state index contributed by atoms with van der Waals surface area (Å²) in [5.74, 6) is 0.505. The average molecular weight is 384 g/mol. The molecule has 0 unspecified atom stereocenters. The van der Waals surface area contributed by atoms with Crippen molar-refractivity contribution in [1.29, 1.82) is 0 Å². The largest absolute Gasteiger partial charge is 0.457 e. The highest BCUT2D eigenvalue weighted by molar-refractivity contribution is 6.43. The second-order valence-electron chi connectivity index (χ2n) is 5.55. The second kappa shape index (κ2) is 6.83. The van der Waals surface area contributed by atoms with Crippen molar-refractivity contribution in [2.45, 2.75) is 0 Å². The molecule has 0 saturated carbocycles. The van der Waals surface area contributed by atoms with Crippen LogP contribution in [-0.2, 0) is 9.63 Å². The fraction of sp³-hybridized carbons (Fsp3) is 0. The van der Waals surface area contributed by atoms with Crippen molar-refractivity contribution in [1.82, 2.24) is 0 Å². The lowest BCUT2D eigenvalue weighted by atomic mass is 10.0. The minimum atomic E-state index is -0.525. The number of halogens is 2. The number of hydrogen-bond donors (Lipinski definition) is 0. The van der Waals surface area contributed by atoms with Crippen LogP contribution in [0.25, 0.3) is 17.4 Å². The molecule has 0 radical (unpaired) electrons. The molecule has 0 bridgehead atoms. The van der Waals surface area contributed by atoms with Gasteiger partial charge in [0.25, 0.3) is 0 Å². The van der Waals surface area contributed by atoms with Gasteiger partial charge in [-0.1, -0.05) is 64.8 Å². The van der Waals surface area contributed by atoms with Gasteiger partial charge in [-0.15, -0.1) is 0 Å². The van der Waals surface area contributed by atoms with Crippen molar-refractivity contribution in [2.24, 2.45) is 5.16 Å². The molecule has 0 spiro atoms. The minimum Gasteiger partial charge on any atom is -0.457 e. The molecule has 0 N–H and O–H groups in total. The zero-order chi connectivity index (χ0) is 18.1. The number of benzene rings is 2. The Morgan fingerprint density at radius 2 is 1.73 bits per heavy atom. The van der Waals surface area contributed by atoms with E-state index in [1.54, 1.807) is 30.3 Å². The maximum Gasteiger partial charge on any atom is 0.368 e. The van der Waals surface area contributed by atoms with Crippen molar-refractivity contribution < 1.29 is 14.0 Å². The molecule has 6 heteroatoms. The van der Waals surface area contributed by atoms with Gasteiger partial charge in [0.1, 0.15) is 17.2 Å². The Hall–Kier alpha value is -2.82. The van der Waals surface area contributed by atoms with E-state index >= 15 is 0 Å². The van der Waals surface area contributed by atoms with E-state index in [2.05, 4.69) is 5.16 Å². The van der Waals surface area contributed by atoms with E-state index in [0.717, 1.165) is 5.56 Å². The third kappa shape index (κ3) is 3.05. The molecule has 0 aliphatic carbocycles. The maximum absolute atomic E-state index is 12.1. The Morgan fingerprint density at radius 3 is 2.54 bits per heavy atom. The lowest BCUT2D eigenvalue weighted by Gasteiger charge is -2.02.